The number of ether oxygens (including phenoxy) is 2. The molecule has 1 atom stereocenters. The van der Waals surface area contributed by atoms with Gasteiger partial charge in [0, 0.05) is 18.4 Å². The molecule has 4 nitrogen and oxygen atoms in total. The van der Waals surface area contributed by atoms with Gasteiger partial charge in [-0.1, -0.05) is 6.92 Å². The second kappa shape index (κ2) is 3.21. The summed E-state index contributed by atoms with van der Waals surface area (Å²) in [5, 5.41) is 3.30. The minimum absolute atomic E-state index is 0.124. The molecular weight excluding hydrogens is 182 g/mol. The van der Waals surface area contributed by atoms with Crippen LogP contribution in [-0.2, 0) is 14.3 Å². The van der Waals surface area contributed by atoms with Crippen molar-refractivity contribution >= 4 is 5.97 Å². The minimum Gasteiger partial charge on any atom is -0.464 e. The Morgan fingerprint density at radius 1 is 1.43 bits per heavy atom. The van der Waals surface area contributed by atoms with Crippen LogP contribution in [-0.4, -0.2) is 37.9 Å². The summed E-state index contributed by atoms with van der Waals surface area (Å²) in [7, 11) is 0. The lowest BCUT2D eigenvalue weighted by atomic mass is 9.87. The number of nitrogens with one attached hydrogen (secondary N) is 1. The predicted octanol–water partition coefficient (Wildman–Crippen LogP) is 0.318. The first-order chi connectivity index (χ1) is 6.54. The molecule has 2 aliphatic rings. The van der Waals surface area contributed by atoms with E-state index in [1.54, 1.807) is 0 Å². The topological polar surface area (TPSA) is 47.6 Å². The normalized spacial score (nSPS) is 35.1. The van der Waals surface area contributed by atoms with Gasteiger partial charge in [0.05, 0.1) is 19.8 Å². The van der Waals surface area contributed by atoms with E-state index in [1.165, 1.54) is 0 Å². The molecule has 2 heterocycles. The van der Waals surface area contributed by atoms with Crippen LogP contribution in [0, 0.1) is 5.41 Å². The largest absolute Gasteiger partial charge is 0.464 e. The second-order valence-corrected chi connectivity index (χ2v) is 4.88. The summed E-state index contributed by atoms with van der Waals surface area (Å²) in [4.78, 5) is 11.4. The van der Waals surface area contributed by atoms with Gasteiger partial charge in [-0.3, -0.25) is 4.79 Å². The quantitative estimate of drug-likeness (QED) is 0.665. The molecule has 0 aliphatic carbocycles. The highest BCUT2D eigenvalue weighted by atomic mass is 16.5. The summed E-state index contributed by atoms with van der Waals surface area (Å²) in [6.45, 7) is 6.99. The van der Waals surface area contributed by atoms with Crippen molar-refractivity contribution in [1.82, 2.24) is 5.32 Å². The SMILES string of the molecule is CC1(CNC2(C)CCOC2=O)COC1. The summed E-state index contributed by atoms with van der Waals surface area (Å²) in [5.74, 6) is -0.124. The molecule has 1 unspecified atom stereocenters. The number of carbonyl (C=O) groups excluding carboxylic acids is 1. The van der Waals surface area contributed by atoms with Gasteiger partial charge in [-0.15, -0.1) is 0 Å². The lowest BCUT2D eigenvalue weighted by molar-refractivity contribution is -0.144. The Morgan fingerprint density at radius 3 is 2.57 bits per heavy atom. The van der Waals surface area contributed by atoms with E-state index in [0.29, 0.717) is 6.61 Å². The molecular formula is C10H17NO3. The molecule has 0 aromatic rings. The lowest BCUT2D eigenvalue weighted by Gasteiger charge is -2.40. The third-order valence-corrected chi connectivity index (χ3v) is 3.09. The van der Waals surface area contributed by atoms with Gasteiger partial charge in [-0.2, -0.15) is 0 Å². The van der Waals surface area contributed by atoms with Gasteiger partial charge >= 0.3 is 5.97 Å². The fraction of sp³-hybridized carbons (Fsp3) is 0.900. The van der Waals surface area contributed by atoms with Crippen LogP contribution in [0.1, 0.15) is 20.3 Å². The molecule has 14 heavy (non-hydrogen) atoms. The van der Waals surface area contributed by atoms with Crippen LogP contribution in [0.2, 0.25) is 0 Å². The third-order valence-electron chi connectivity index (χ3n) is 3.09. The lowest BCUT2D eigenvalue weighted by Crippen LogP contribution is -2.55. The Bertz CT molecular complexity index is 250. The standard InChI is InChI=1S/C10H17NO3/c1-9(6-13-7-9)5-11-10(2)3-4-14-8(10)12/h11H,3-7H2,1-2H3. The molecule has 0 bridgehead atoms. The molecule has 4 heteroatoms. The number of hydrogen-bond donors (Lipinski definition) is 1. The van der Waals surface area contributed by atoms with E-state index in [2.05, 4.69) is 12.2 Å². The van der Waals surface area contributed by atoms with Gasteiger partial charge < -0.3 is 14.8 Å². The summed E-state index contributed by atoms with van der Waals surface area (Å²) in [5.41, 5.74) is -0.273. The average molecular weight is 199 g/mol. The highest BCUT2D eigenvalue weighted by Gasteiger charge is 2.42. The molecule has 0 spiro atoms. The van der Waals surface area contributed by atoms with Gasteiger partial charge in [0.1, 0.15) is 5.54 Å². The summed E-state index contributed by atoms with van der Waals surface area (Å²) in [6, 6.07) is 0. The number of esters is 1. The molecule has 2 saturated heterocycles. The Balaban J connectivity index is 1.87. The van der Waals surface area contributed by atoms with Crippen molar-refractivity contribution in [3.8, 4) is 0 Å². The van der Waals surface area contributed by atoms with Crippen LogP contribution in [0.15, 0.2) is 0 Å². The van der Waals surface area contributed by atoms with Gasteiger partial charge in [0.15, 0.2) is 0 Å². The Kier molecular flexibility index (Phi) is 2.27. The van der Waals surface area contributed by atoms with E-state index >= 15 is 0 Å². The highest BCUT2D eigenvalue weighted by molar-refractivity contribution is 5.82. The maximum atomic E-state index is 11.4. The maximum Gasteiger partial charge on any atom is 0.326 e. The molecule has 1 N–H and O–H groups in total. The third kappa shape index (κ3) is 1.64. The first kappa shape index (κ1) is 9.93. The zero-order valence-electron chi connectivity index (χ0n) is 8.76. The van der Waals surface area contributed by atoms with Crippen LogP contribution < -0.4 is 5.32 Å². The van der Waals surface area contributed by atoms with Crippen molar-refractivity contribution in [2.45, 2.75) is 25.8 Å². The molecule has 0 radical (unpaired) electrons. The minimum atomic E-state index is -0.474. The van der Waals surface area contributed by atoms with Crippen molar-refractivity contribution in [2.75, 3.05) is 26.4 Å². The molecule has 2 rings (SSSR count). The first-order valence-electron chi connectivity index (χ1n) is 5.04. The van der Waals surface area contributed by atoms with E-state index in [9.17, 15) is 4.79 Å². The Hall–Kier alpha value is -0.610. The van der Waals surface area contributed by atoms with Crippen LogP contribution >= 0.6 is 0 Å². The monoisotopic (exact) mass is 199 g/mol. The van der Waals surface area contributed by atoms with Crippen LogP contribution in [0.5, 0.6) is 0 Å². The predicted molar refractivity (Wildman–Crippen MR) is 50.9 cm³/mol. The molecule has 80 valence electrons. The summed E-state index contributed by atoms with van der Waals surface area (Å²) < 4.78 is 10.1. The zero-order chi connectivity index (χ0) is 10.2. The van der Waals surface area contributed by atoms with E-state index in [-0.39, 0.29) is 11.4 Å². The molecule has 0 saturated carbocycles. The van der Waals surface area contributed by atoms with E-state index in [1.807, 2.05) is 6.92 Å². The van der Waals surface area contributed by atoms with Crippen LogP contribution in [0.25, 0.3) is 0 Å². The van der Waals surface area contributed by atoms with Gasteiger partial charge in [-0.25, -0.2) is 0 Å². The van der Waals surface area contributed by atoms with E-state index in [4.69, 9.17) is 9.47 Å². The van der Waals surface area contributed by atoms with E-state index < -0.39 is 5.54 Å². The zero-order valence-corrected chi connectivity index (χ0v) is 8.76. The molecule has 0 amide bonds. The number of hydrogen-bond acceptors (Lipinski definition) is 4. The van der Waals surface area contributed by atoms with Crippen LogP contribution in [0.4, 0.5) is 0 Å². The number of rotatable bonds is 3. The van der Waals surface area contributed by atoms with Gasteiger partial charge in [0.2, 0.25) is 0 Å². The van der Waals surface area contributed by atoms with Crippen molar-refractivity contribution in [3.05, 3.63) is 0 Å². The number of carbonyl (C=O) groups is 1. The number of cyclic esters (lactones) is 1. The van der Waals surface area contributed by atoms with Crippen molar-refractivity contribution < 1.29 is 14.3 Å². The summed E-state index contributed by atoms with van der Waals surface area (Å²) >= 11 is 0. The fourth-order valence-corrected chi connectivity index (χ4v) is 1.73. The van der Waals surface area contributed by atoms with Gasteiger partial charge in [-0.05, 0) is 6.92 Å². The van der Waals surface area contributed by atoms with Crippen LogP contribution in [0.3, 0.4) is 0 Å². The molecule has 0 aromatic heterocycles. The van der Waals surface area contributed by atoms with Crippen molar-refractivity contribution in [1.29, 1.82) is 0 Å². The smallest absolute Gasteiger partial charge is 0.326 e. The van der Waals surface area contributed by atoms with Gasteiger partial charge in [0.25, 0.3) is 0 Å². The summed E-state index contributed by atoms with van der Waals surface area (Å²) in [6.07, 6.45) is 0.767. The second-order valence-electron chi connectivity index (χ2n) is 4.88. The highest BCUT2D eigenvalue weighted by Crippen LogP contribution is 2.27. The maximum absolute atomic E-state index is 11.4. The van der Waals surface area contributed by atoms with E-state index in [0.717, 1.165) is 26.2 Å². The molecule has 2 aliphatic heterocycles. The van der Waals surface area contributed by atoms with Crippen molar-refractivity contribution in [2.24, 2.45) is 5.41 Å². The Labute approximate surface area is 84.0 Å². The molecule has 2 fully saturated rings. The molecule has 0 aromatic carbocycles. The Morgan fingerprint density at radius 2 is 2.14 bits per heavy atom. The average Bonchev–Trinajstić information content (AvgIpc) is 2.42. The first-order valence-corrected chi connectivity index (χ1v) is 5.04. The van der Waals surface area contributed by atoms with Crippen molar-refractivity contribution in [3.63, 3.8) is 0 Å². The fourth-order valence-electron chi connectivity index (χ4n) is 1.73.